The van der Waals surface area contributed by atoms with Crippen LogP contribution >= 0.6 is 0 Å². The molecule has 146 valence electrons. The van der Waals surface area contributed by atoms with Gasteiger partial charge in [-0.15, -0.1) is 0 Å². The number of aliphatic hydroxyl groups is 2. The van der Waals surface area contributed by atoms with E-state index in [1.54, 1.807) is 0 Å². The number of rotatable bonds is 10. The monoisotopic (exact) mass is 363 g/mol. The minimum absolute atomic E-state index is 0.0776. The van der Waals surface area contributed by atoms with Crippen molar-refractivity contribution in [1.29, 1.82) is 0 Å². The van der Waals surface area contributed by atoms with Crippen molar-refractivity contribution in [1.82, 2.24) is 4.90 Å². The molecule has 0 aromatic heterocycles. The molecule has 1 fully saturated rings. The van der Waals surface area contributed by atoms with Gasteiger partial charge in [0.1, 0.15) is 0 Å². The highest BCUT2D eigenvalue weighted by molar-refractivity contribution is 5.66. The van der Waals surface area contributed by atoms with E-state index in [1.807, 2.05) is 12.1 Å². The van der Waals surface area contributed by atoms with E-state index in [9.17, 15) is 20.1 Å². The number of amides is 1. The Morgan fingerprint density at radius 3 is 2.38 bits per heavy atom. The molecule has 5 nitrogen and oxygen atoms in total. The predicted octanol–water partition coefficient (Wildman–Crippen LogP) is 3.61. The summed E-state index contributed by atoms with van der Waals surface area (Å²) < 4.78 is 0. The van der Waals surface area contributed by atoms with Gasteiger partial charge in [-0.1, -0.05) is 63.3 Å². The van der Waals surface area contributed by atoms with Gasteiger partial charge < -0.3 is 20.2 Å². The third-order valence-corrected chi connectivity index (χ3v) is 5.30. The lowest BCUT2D eigenvalue weighted by atomic mass is 9.98. The molecule has 5 heteroatoms. The second-order valence-electron chi connectivity index (χ2n) is 7.50. The maximum absolute atomic E-state index is 11.2. The SMILES string of the molecule is CCCCCCCCc1ccc(CC(O)[C@H]2C[C@H](O)CN2C(=O)O)cc1. The maximum Gasteiger partial charge on any atom is 0.407 e. The lowest BCUT2D eigenvalue weighted by Gasteiger charge is -2.26. The topological polar surface area (TPSA) is 81.0 Å². The third kappa shape index (κ3) is 6.29. The van der Waals surface area contributed by atoms with Crippen molar-refractivity contribution in [3.05, 3.63) is 35.4 Å². The van der Waals surface area contributed by atoms with E-state index in [4.69, 9.17) is 0 Å². The fourth-order valence-electron chi connectivity index (χ4n) is 3.76. The van der Waals surface area contributed by atoms with E-state index in [2.05, 4.69) is 19.1 Å². The van der Waals surface area contributed by atoms with Crippen molar-refractivity contribution < 1.29 is 20.1 Å². The van der Waals surface area contributed by atoms with Crippen molar-refractivity contribution >= 4 is 6.09 Å². The molecule has 3 N–H and O–H groups in total. The molecular formula is C21H33NO4. The number of carbonyl (C=O) groups is 1. The number of aryl methyl sites for hydroxylation is 1. The molecule has 0 radical (unpaired) electrons. The molecule has 0 saturated carbocycles. The van der Waals surface area contributed by atoms with Gasteiger partial charge in [-0.2, -0.15) is 0 Å². The van der Waals surface area contributed by atoms with Crippen LogP contribution in [0.25, 0.3) is 0 Å². The number of likely N-dealkylation sites (tertiary alicyclic amines) is 1. The van der Waals surface area contributed by atoms with E-state index in [-0.39, 0.29) is 6.54 Å². The number of hydrogen-bond donors (Lipinski definition) is 3. The first-order chi connectivity index (χ1) is 12.5. The molecule has 26 heavy (non-hydrogen) atoms. The molecule has 1 amide bonds. The first-order valence-electron chi connectivity index (χ1n) is 9.94. The number of carboxylic acid groups (broad SMARTS) is 1. The second kappa shape index (κ2) is 10.5. The van der Waals surface area contributed by atoms with Crippen LogP contribution < -0.4 is 0 Å². The lowest BCUT2D eigenvalue weighted by Crippen LogP contribution is -2.43. The Labute approximate surface area is 156 Å². The zero-order valence-electron chi connectivity index (χ0n) is 15.8. The van der Waals surface area contributed by atoms with Crippen LogP contribution in [-0.2, 0) is 12.8 Å². The van der Waals surface area contributed by atoms with Gasteiger partial charge in [0, 0.05) is 6.42 Å². The predicted molar refractivity (Wildman–Crippen MR) is 102 cm³/mol. The minimum atomic E-state index is -1.08. The highest BCUT2D eigenvalue weighted by Gasteiger charge is 2.38. The summed E-state index contributed by atoms with van der Waals surface area (Å²) in [6.07, 6.45) is 6.93. The smallest absolute Gasteiger partial charge is 0.407 e. The van der Waals surface area contributed by atoms with Crippen LogP contribution in [0.15, 0.2) is 24.3 Å². The molecule has 1 aromatic carbocycles. The number of nitrogens with zero attached hydrogens (tertiary/aromatic N) is 1. The van der Waals surface area contributed by atoms with Gasteiger partial charge in [0.05, 0.1) is 24.8 Å². The van der Waals surface area contributed by atoms with Gasteiger partial charge in [0.15, 0.2) is 0 Å². The summed E-state index contributed by atoms with van der Waals surface area (Å²) in [5.74, 6) is 0. The van der Waals surface area contributed by atoms with Gasteiger partial charge in [0.25, 0.3) is 0 Å². The molecule has 1 heterocycles. The van der Waals surface area contributed by atoms with E-state index in [0.717, 1.165) is 16.9 Å². The van der Waals surface area contributed by atoms with Gasteiger partial charge >= 0.3 is 6.09 Å². The van der Waals surface area contributed by atoms with E-state index < -0.39 is 24.3 Å². The van der Waals surface area contributed by atoms with E-state index in [0.29, 0.717) is 12.8 Å². The molecule has 1 unspecified atom stereocenters. The Hall–Kier alpha value is -1.59. The molecule has 1 aliphatic heterocycles. The van der Waals surface area contributed by atoms with Crippen LogP contribution in [0, 0.1) is 0 Å². The van der Waals surface area contributed by atoms with E-state index in [1.165, 1.54) is 44.1 Å². The highest BCUT2D eigenvalue weighted by atomic mass is 16.4. The molecule has 1 aromatic rings. The van der Waals surface area contributed by atoms with Crippen LogP contribution in [-0.4, -0.2) is 51.1 Å². The van der Waals surface area contributed by atoms with Crippen LogP contribution in [0.3, 0.4) is 0 Å². The number of hydrogen-bond acceptors (Lipinski definition) is 3. The molecule has 0 aliphatic carbocycles. The summed E-state index contributed by atoms with van der Waals surface area (Å²) in [7, 11) is 0. The summed E-state index contributed by atoms with van der Waals surface area (Å²) in [4.78, 5) is 12.4. The first-order valence-corrected chi connectivity index (χ1v) is 9.94. The average molecular weight is 363 g/mol. The summed E-state index contributed by atoms with van der Waals surface area (Å²) >= 11 is 0. The fraction of sp³-hybridized carbons (Fsp3) is 0.667. The zero-order valence-corrected chi connectivity index (χ0v) is 15.8. The molecule has 0 bridgehead atoms. The minimum Gasteiger partial charge on any atom is -0.465 e. The Balaban J connectivity index is 1.78. The normalized spacial score (nSPS) is 21.1. The largest absolute Gasteiger partial charge is 0.465 e. The summed E-state index contributed by atoms with van der Waals surface area (Å²) in [6.45, 7) is 2.31. The number of unbranched alkanes of at least 4 members (excludes halogenated alkanes) is 5. The van der Waals surface area contributed by atoms with Gasteiger partial charge in [-0.3, -0.25) is 0 Å². The first kappa shape index (κ1) is 20.7. The summed E-state index contributed by atoms with van der Waals surface area (Å²) in [5, 5.41) is 29.3. The Bertz CT molecular complexity index is 545. The Morgan fingerprint density at radius 2 is 1.73 bits per heavy atom. The summed E-state index contributed by atoms with van der Waals surface area (Å²) in [6, 6.07) is 7.71. The second-order valence-corrected chi connectivity index (χ2v) is 7.50. The number of aliphatic hydroxyl groups excluding tert-OH is 2. The quantitative estimate of drug-likeness (QED) is 0.555. The van der Waals surface area contributed by atoms with Crippen LogP contribution in [0.2, 0.25) is 0 Å². The van der Waals surface area contributed by atoms with Crippen molar-refractivity contribution in [2.45, 2.75) is 83.0 Å². The molecule has 3 atom stereocenters. The zero-order chi connectivity index (χ0) is 18.9. The molecule has 0 spiro atoms. The number of β-amino-alcohol motifs (C(OH)–C–C–N with tert-alkyl or cyclic N) is 1. The van der Waals surface area contributed by atoms with E-state index >= 15 is 0 Å². The third-order valence-electron chi connectivity index (χ3n) is 5.30. The van der Waals surface area contributed by atoms with Crippen molar-refractivity contribution in [2.75, 3.05) is 6.54 Å². The van der Waals surface area contributed by atoms with Crippen molar-refractivity contribution in [2.24, 2.45) is 0 Å². The Kier molecular flexibility index (Phi) is 8.39. The molecule has 1 saturated heterocycles. The lowest BCUT2D eigenvalue weighted by molar-refractivity contribution is 0.0681. The van der Waals surface area contributed by atoms with Crippen molar-refractivity contribution in [3.63, 3.8) is 0 Å². The Morgan fingerprint density at radius 1 is 1.12 bits per heavy atom. The molecule has 2 rings (SSSR count). The highest BCUT2D eigenvalue weighted by Crippen LogP contribution is 2.23. The van der Waals surface area contributed by atoms with Crippen molar-refractivity contribution in [3.8, 4) is 0 Å². The van der Waals surface area contributed by atoms with Crippen LogP contribution in [0.4, 0.5) is 4.79 Å². The standard InChI is InChI=1S/C21H33NO4/c1-2-3-4-5-6-7-8-16-9-11-17(12-10-16)13-20(24)19-14-18(23)15-22(19)21(25)26/h9-12,18-20,23-24H,2-8,13-15H2,1H3,(H,25,26)/t18-,19+,20?/m0/s1. The summed E-state index contributed by atoms with van der Waals surface area (Å²) in [5.41, 5.74) is 2.30. The fourth-order valence-corrected chi connectivity index (χ4v) is 3.76. The molecular weight excluding hydrogens is 330 g/mol. The van der Waals surface area contributed by atoms with Gasteiger partial charge in [-0.25, -0.2) is 4.79 Å². The number of benzene rings is 1. The van der Waals surface area contributed by atoms with Gasteiger partial charge in [-0.05, 0) is 30.4 Å². The van der Waals surface area contributed by atoms with Crippen LogP contribution in [0.5, 0.6) is 0 Å². The maximum atomic E-state index is 11.2. The van der Waals surface area contributed by atoms with Crippen LogP contribution in [0.1, 0.15) is 63.0 Å². The average Bonchev–Trinajstić information content (AvgIpc) is 3.02. The van der Waals surface area contributed by atoms with Gasteiger partial charge in [0.2, 0.25) is 0 Å². The molecule has 1 aliphatic rings.